The van der Waals surface area contributed by atoms with E-state index in [2.05, 4.69) is 20.3 Å². The molecule has 168 valence electrons. The van der Waals surface area contributed by atoms with Crippen molar-refractivity contribution in [2.24, 2.45) is 10.9 Å². The van der Waals surface area contributed by atoms with Gasteiger partial charge in [-0.15, -0.1) is 9.90 Å². The molecule has 2 heterocycles. The lowest BCUT2D eigenvalue weighted by Crippen LogP contribution is -2.17. The highest BCUT2D eigenvalue weighted by molar-refractivity contribution is 7.89. The van der Waals surface area contributed by atoms with E-state index in [9.17, 15) is 18.5 Å². The molecule has 1 aromatic carbocycles. The van der Waals surface area contributed by atoms with E-state index >= 15 is 0 Å². The van der Waals surface area contributed by atoms with Gasteiger partial charge >= 0.3 is 0 Å². The first-order valence-corrected chi connectivity index (χ1v) is 11.5. The molecule has 2 aromatic heterocycles. The highest BCUT2D eigenvalue weighted by atomic mass is 32.2. The van der Waals surface area contributed by atoms with Crippen LogP contribution in [0, 0.1) is 17.0 Å². The van der Waals surface area contributed by atoms with Crippen LogP contribution in [0.2, 0.25) is 0 Å². The predicted molar refractivity (Wildman–Crippen MR) is 117 cm³/mol. The van der Waals surface area contributed by atoms with E-state index in [1.807, 2.05) is 0 Å². The van der Waals surface area contributed by atoms with Gasteiger partial charge in [0.15, 0.2) is 21.4 Å². The maximum absolute atomic E-state index is 12.0. The Labute approximate surface area is 183 Å². The smallest absolute Gasteiger partial charge is 0.296 e. The summed E-state index contributed by atoms with van der Waals surface area (Å²) < 4.78 is 23.9. The molecule has 0 saturated carbocycles. The fourth-order valence-electron chi connectivity index (χ4n) is 2.91. The molecular formula is C19H21N7O5S. The Hall–Kier alpha value is -3.87. The zero-order chi connectivity index (χ0) is 23.5. The van der Waals surface area contributed by atoms with Crippen LogP contribution < -0.4 is 5.73 Å². The van der Waals surface area contributed by atoms with E-state index in [4.69, 9.17) is 10.6 Å². The van der Waals surface area contributed by atoms with Gasteiger partial charge in [-0.25, -0.2) is 13.4 Å². The van der Waals surface area contributed by atoms with Crippen LogP contribution in [0.1, 0.15) is 23.9 Å². The van der Waals surface area contributed by atoms with Crippen molar-refractivity contribution in [3.63, 3.8) is 0 Å². The topological polar surface area (TPSA) is 168 Å². The van der Waals surface area contributed by atoms with Crippen molar-refractivity contribution in [2.75, 3.05) is 12.9 Å². The summed E-state index contributed by atoms with van der Waals surface area (Å²) >= 11 is 0. The van der Waals surface area contributed by atoms with E-state index in [-0.39, 0.29) is 40.0 Å². The molecule has 0 aliphatic heterocycles. The zero-order valence-corrected chi connectivity index (χ0v) is 18.4. The zero-order valence-electron chi connectivity index (χ0n) is 17.6. The molecule has 0 bridgehead atoms. The molecule has 0 unspecified atom stereocenters. The number of aryl methyl sites for hydroxylation is 1. The minimum Gasteiger partial charge on any atom is -0.394 e. The molecule has 2 N–H and O–H groups in total. The number of pyridine rings is 1. The Bertz CT molecular complexity index is 1300. The summed E-state index contributed by atoms with van der Waals surface area (Å²) in [6, 6.07) is 9.11. The highest BCUT2D eigenvalue weighted by Gasteiger charge is 2.22. The quantitative estimate of drug-likeness (QED) is 0.228. The number of benzene rings is 1. The third-order valence-corrected chi connectivity index (χ3v) is 5.09. The maximum atomic E-state index is 12.0. The van der Waals surface area contributed by atoms with E-state index in [1.165, 1.54) is 24.3 Å². The summed E-state index contributed by atoms with van der Waals surface area (Å²) in [6.45, 7) is 3.70. The maximum Gasteiger partial charge on any atom is 0.296 e. The summed E-state index contributed by atoms with van der Waals surface area (Å²) in [5, 5.41) is 23.8. The second kappa shape index (κ2) is 9.09. The van der Waals surface area contributed by atoms with Gasteiger partial charge in [0.25, 0.3) is 5.69 Å². The molecule has 13 heteroatoms. The molecule has 0 atom stereocenters. The standard InChI is InChI=1S/C19H21N7O5S/c1-4-31-24-19(20)14-10-9-13(11-32(3,29)30)18(21-14)17-12(2)22-25(23-17)15-7-5-6-8-16(15)26(27)28/h5-10H,4,11H2,1-3H3,(H2,20,24). The number of rotatable bonds is 8. The number of nitrogens with zero attached hydrogens (tertiary/aromatic N) is 6. The summed E-state index contributed by atoms with van der Waals surface area (Å²) in [4.78, 5) is 21.4. The minimum atomic E-state index is -3.40. The number of amidine groups is 1. The lowest BCUT2D eigenvalue weighted by molar-refractivity contribution is -0.384. The molecule has 12 nitrogen and oxygen atoms in total. The summed E-state index contributed by atoms with van der Waals surface area (Å²) in [5.74, 6) is -0.293. The van der Waals surface area contributed by atoms with Gasteiger partial charge in [0, 0.05) is 12.3 Å². The van der Waals surface area contributed by atoms with Crippen LogP contribution in [0.25, 0.3) is 17.1 Å². The highest BCUT2D eigenvalue weighted by Crippen LogP contribution is 2.27. The molecule has 0 fully saturated rings. The Morgan fingerprint density at radius 3 is 2.59 bits per heavy atom. The number of hydrogen-bond donors (Lipinski definition) is 1. The fourth-order valence-corrected chi connectivity index (χ4v) is 3.71. The molecular weight excluding hydrogens is 438 g/mol. The number of sulfone groups is 1. The number of oxime groups is 1. The van der Waals surface area contributed by atoms with Crippen molar-refractivity contribution in [3.05, 3.63) is 63.5 Å². The lowest BCUT2D eigenvalue weighted by Gasteiger charge is -2.09. The first-order valence-electron chi connectivity index (χ1n) is 9.42. The van der Waals surface area contributed by atoms with Gasteiger partial charge in [-0.1, -0.05) is 23.4 Å². The third kappa shape index (κ3) is 5.06. The fraction of sp³-hybridized carbons (Fsp3) is 0.263. The van der Waals surface area contributed by atoms with E-state index in [0.29, 0.717) is 17.9 Å². The lowest BCUT2D eigenvalue weighted by atomic mass is 10.1. The van der Waals surface area contributed by atoms with Gasteiger partial charge in [0.05, 0.1) is 22.1 Å². The SMILES string of the molecule is CCO/N=C(\N)c1ccc(CS(C)(=O)=O)c(-c2nn(-c3ccccc3[N+](=O)[O-])nc2C)n1. The van der Waals surface area contributed by atoms with Gasteiger partial charge in [0.2, 0.25) is 0 Å². The largest absolute Gasteiger partial charge is 0.394 e. The van der Waals surface area contributed by atoms with Crippen LogP contribution in [0.3, 0.4) is 0 Å². The van der Waals surface area contributed by atoms with Crippen molar-refractivity contribution < 1.29 is 18.2 Å². The van der Waals surface area contributed by atoms with Crippen LogP contribution >= 0.6 is 0 Å². The van der Waals surface area contributed by atoms with Gasteiger partial charge in [-0.05, 0) is 31.5 Å². The number of aromatic nitrogens is 4. The molecule has 0 spiro atoms. The van der Waals surface area contributed by atoms with Crippen LogP contribution in [-0.4, -0.2) is 52.0 Å². The van der Waals surface area contributed by atoms with Gasteiger partial charge in [-0.2, -0.15) is 5.10 Å². The Morgan fingerprint density at radius 2 is 1.94 bits per heavy atom. The van der Waals surface area contributed by atoms with Crippen LogP contribution in [0.5, 0.6) is 0 Å². The molecule has 0 aliphatic carbocycles. The molecule has 0 saturated heterocycles. The van der Waals surface area contributed by atoms with Gasteiger partial charge in [-0.3, -0.25) is 10.1 Å². The first kappa shape index (κ1) is 22.8. The van der Waals surface area contributed by atoms with Gasteiger partial charge < -0.3 is 10.6 Å². The van der Waals surface area contributed by atoms with Crippen LogP contribution in [0.15, 0.2) is 41.6 Å². The molecule has 3 aromatic rings. The van der Waals surface area contributed by atoms with Crippen molar-refractivity contribution in [2.45, 2.75) is 19.6 Å². The Kier molecular flexibility index (Phi) is 6.48. The molecule has 3 rings (SSSR count). The molecule has 32 heavy (non-hydrogen) atoms. The number of nitro benzene ring substituents is 1. The monoisotopic (exact) mass is 459 g/mol. The Morgan fingerprint density at radius 1 is 1.22 bits per heavy atom. The Balaban J connectivity index is 2.19. The third-order valence-electron chi connectivity index (χ3n) is 4.25. The summed E-state index contributed by atoms with van der Waals surface area (Å²) in [5.41, 5.74) is 7.40. The average Bonchev–Trinajstić information content (AvgIpc) is 3.12. The van der Waals surface area contributed by atoms with Crippen molar-refractivity contribution in [3.8, 4) is 17.1 Å². The molecule has 0 amide bonds. The van der Waals surface area contributed by atoms with Crippen molar-refractivity contribution in [1.29, 1.82) is 0 Å². The van der Waals surface area contributed by atoms with E-state index < -0.39 is 14.8 Å². The number of nitrogens with two attached hydrogens (primary N) is 1. The molecule has 0 radical (unpaired) electrons. The van der Waals surface area contributed by atoms with Crippen molar-refractivity contribution >= 4 is 21.4 Å². The first-order chi connectivity index (χ1) is 15.1. The van der Waals surface area contributed by atoms with Gasteiger partial charge in [0.1, 0.15) is 18.0 Å². The average molecular weight is 459 g/mol. The van der Waals surface area contributed by atoms with E-state index in [1.54, 1.807) is 26.0 Å². The van der Waals surface area contributed by atoms with Crippen molar-refractivity contribution in [1.82, 2.24) is 20.0 Å². The van der Waals surface area contributed by atoms with E-state index in [0.717, 1.165) is 11.1 Å². The second-order valence-corrected chi connectivity index (χ2v) is 8.98. The molecule has 0 aliphatic rings. The van der Waals surface area contributed by atoms with Crippen LogP contribution in [0.4, 0.5) is 5.69 Å². The number of hydrogen-bond acceptors (Lipinski definition) is 9. The number of nitro groups is 1. The van der Waals surface area contributed by atoms with Crippen LogP contribution in [-0.2, 0) is 20.4 Å². The second-order valence-electron chi connectivity index (χ2n) is 6.84. The summed E-state index contributed by atoms with van der Waals surface area (Å²) in [7, 11) is -3.40. The minimum absolute atomic E-state index is 0.00254. The normalized spacial score (nSPS) is 12.0. The predicted octanol–water partition coefficient (Wildman–Crippen LogP) is 1.75. The number of para-hydroxylation sites is 2. The summed E-state index contributed by atoms with van der Waals surface area (Å²) in [6.07, 6.45) is 1.10.